The number of fused-ring (bicyclic) bond motifs is 1. The molecule has 0 saturated heterocycles. The molecule has 2 N–H and O–H groups in total. The molecule has 0 aliphatic carbocycles. The van der Waals surface area contributed by atoms with E-state index < -0.39 is 5.97 Å². The number of nitrogens with one attached hydrogen (secondary N) is 1. The fourth-order valence-electron chi connectivity index (χ4n) is 2.58. The molecule has 0 radical (unpaired) electrons. The number of rotatable bonds is 5. The average Bonchev–Trinajstić information content (AvgIpc) is 3.16. The highest BCUT2D eigenvalue weighted by Gasteiger charge is 2.35. The third-order valence-corrected chi connectivity index (χ3v) is 4.38. The summed E-state index contributed by atoms with van der Waals surface area (Å²) in [7, 11) is 1.27. The van der Waals surface area contributed by atoms with E-state index in [9.17, 15) is 9.59 Å². The van der Waals surface area contributed by atoms with Crippen molar-refractivity contribution in [2.24, 2.45) is 0 Å². The van der Waals surface area contributed by atoms with Crippen LogP contribution in [0.15, 0.2) is 23.4 Å². The molecule has 0 unspecified atom stereocenters. The van der Waals surface area contributed by atoms with Crippen molar-refractivity contribution in [3.8, 4) is 0 Å². The molecule has 2 aromatic rings. The van der Waals surface area contributed by atoms with Gasteiger partial charge in [0.05, 0.1) is 43.3 Å². The van der Waals surface area contributed by atoms with Gasteiger partial charge in [0.25, 0.3) is 5.91 Å². The Morgan fingerprint density at radius 2 is 2.25 bits per heavy atom. The van der Waals surface area contributed by atoms with Gasteiger partial charge in [-0.15, -0.1) is 0 Å². The van der Waals surface area contributed by atoms with Crippen molar-refractivity contribution >= 4 is 40.3 Å². The molecule has 8 nitrogen and oxygen atoms in total. The van der Waals surface area contributed by atoms with Crippen molar-refractivity contribution in [3.63, 3.8) is 0 Å². The second-order valence-electron chi connectivity index (χ2n) is 5.31. The van der Waals surface area contributed by atoms with Crippen molar-refractivity contribution in [1.82, 2.24) is 13.6 Å². The summed E-state index contributed by atoms with van der Waals surface area (Å²) in [6.45, 7) is 1.94. The van der Waals surface area contributed by atoms with Gasteiger partial charge in [0.15, 0.2) is 0 Å². The van der Waals surface area contributed by atoms with Crippen LogP contribution in [-0.4, -0.2) is 57.4 Å². The zero-order chi connectivity index (χ0) is 17.3. The number of anilines is 1. The zero-order valence-electron chi connectivity index (χ0n) is 13.2. The number of amides is 1. The first-order chi connectivity index (χ1) is 11.6. The van der Waals surface area contributed by atoms with E-state index in [1.165, 1.54) is 12.0 Å². The van der Waals surface area contributed by atoms with E-state index in [4.69, 9.17) is 9.84 Å². The highest BCUT2D eigenvalue weighted by atomic mass is 32.1. The predicted molar refractivity (Wildman–Crippen MR) is 88.5 cm³/mol. The summed E-state index contributed by atoms with van der Waals surface area (Å²) >= 11 is 1.08. The number of ether oxygens (including phenoxy) is 1. The topological polar surface area (TPSA) is 105 Å². The molecule has 0 spiro atoms. The number of aromatic nitrogens is 2. The molecule has 126 valence electrons. The maximum atomic E-state index is 12.6. The molecule has 24 heavy (non-hydrogen) atoms. The lowest BCUT2D eigenvalue weighted by Gasteiger charge is -2.15. The third-order valence-electron chi connectivity index (χ3n) is 3.84. The van der Waals surface area contributed by atoms with Crippen LogP contribution in [0.5, 0.6) is 0 Å². The normalized spacial score (nSPS) is 14.6. The molecule has 3 rings (SSSR count). The van der Waals surface area contributed by atoms with E-state index in [0.29, 0.717) is 16.7 Å². The van der Waals surface area contributed by atoms with Gasteiger partial charge in [0.1, 0.15) is 16.7 Å². The number of aryl methyl sites for hydroxylation is 1. The van der Waals surface area contributed by atoms with E-state index in [1.807, 2.05) is 19.1 Å². The molecule has 1 aromatic heterocycles. The largest absolute Gasteiger partial charge is 0.466 e. The van der Waals surface area contributed by atoms with E-state index in [-0.39, 0.29) is 36.9 Å². The first-order valence-corrected chi connectivity index (χ1v) is 8.00. The summed E-state index contributed by atoms with van der Waals surface area (Å²) in [4.78, 5) is 26.0. The van der Waals surface area contributed by atoms with Gasteiger partial charge < -0.3 is 20.1 Å². The second kappa shape index (κ2) is 6.54. The van der Waals surface area contributed by atoms with Gasteiger partial charge in [0.2, 0.25) is 0 Å². The van der Waals surface area contributed by atoms with Crippen LogP contribution in [0.4, 0.5) is 5.69 Å². The quantitative estimate of drug-likeness (QED) is 0.765. The minimum Gasteiger partial charge on any atom is -0.466 e. The first-order valence-electron chi connectivity index (χ1n) is 7.27. The molecule has 0 bridgehead atoms. The SMILES string of the molecule is COC(=O)C1=C(Nc2c(C)ccc3nsnc23)C(=O)N(CCO)C1. The minimum absolute atomic E-state index is 0.0960. The van der Waals surface area contributed by atoms with Crippen molar-refractivity contribution in [2.75, 3.05) is 32.1 Å². The smallest absolute Gasteiger partial charge is 0.337 e. The van der Waals surface area contributed by atoms with Gasteiger partial charge in [-0.3, -0.25) is 4.79 Å². The van der Waals surface area contributed by atoms with Crippen LogP contribution in [0.25, 0.3) is 11.0 Å². The number of carbonyl (C=O) groups is 2. The van der Waals surface area contributed by atoms with Crippen LogP contribution in [0.3, 0.4) is 0 Å². The standard InChI is InChI=1S/C15H16N4O4S/c1-8-3-4-10-13(18-24-17-10)11(8)16-12-9(15(22)23-2)7-19(5-6-20)14(12)21/h3-4,16,20H,5-7H2,1-2H3. The Bertz CT molecular complexity index is 845. The summed E-state index contributed by atoms with van der Waals surface area (Å²) in [6.07, 6.45) is 0. The van der Waals surface area contributed by atoms with Crippen molar-refractivity contribution < 1.29 is 19.4 Å². The number of benzene rings is 1. The van der Waals surface area contributed by atoms with Crippen molar-refractivity contribution in [3.05, 3.63) is 29.0 Å². The van der Waals surface area contributed by atoms with Crippen LogP contribution >= 0.6 is 11.7 Å². The highest BCUT2D eigenvalue weighted by molar-refractivity contribution is 7.00. The van der Waals surface area contributed by atoms with Crippen LogP contribution < -0.4 is 5.32 Å². The Morgan fingerprint density at radius 1 is 1.46 bits per heavy atom. The average molecular weight is 348 g/mol. The second-order valence-corrected chi connectivity index (χ2v) is 5.84. The molecule has 0 fully saturated rings. The Labute approximate surface area is 142 Å². The fourth-order valence-corrected chi connectivity index (χ4v) is 3.13. The molecule has 1 aliphatic rings. The van der Waals surface area contributed by atoms with Gasteiger partial charge >= 0.3 is 5.97 Å². The molecule has 1 aliphatic heterocycles. The van der Waals surface area contributed by atoms with Gasteiger partial charge in [-0.05, 0) is 18.6 Å². The molecule has 2 heterocycles. The van der Waals surface area contributed by atoms with Crippen molar-refractivity contribution in [1.29, 1.82) is 0 Å². The maximum Gasteiger partial charge on any atom is 0.337 e. The Hall–Kier alpha value is -2.52. The van der Waals surface area contributed by atoms with Crippen LogP contribution in [0, 0.1) is 6.92 Å². The number of aliphatic hydroxyl groups excluding tert-OH is 1. The van der Waals surface area contributed by atoms with Gasteiger partial charge in [-0.25, -0.2) is 4.79 Å². The Kier molecular flexibility index (Phi) is 4.45. The minimum atomic E-state index is -0.576. The molecule has 0 saturated carbocycles. The van der Waals surface area contributed by atoms with Gasteiger partial charge in [0, 0.05) is 6.54 Å². The monoisotopic (exact) mass is 348 g/mol. The lowest BCUT2D eigenvalue weighted by molar-refractivity contribution is -0.136. The van der Waals surface area contributed by atoms with Gasteiger partial charge in [-0.2, -0.15) is 8.75 Å². The van der Waals surface area contributed by atoms with Crippen LogP contribution in [0.1, 0.15) is 5.56 Å². The number of aliphatic hydroxyl groups is 1. The van der Waals surface area contributed by atoms with E-state index >= 15 is 0 Å². The molecule has 0 atom stereocenters. The summed E-state index contributed by atoms with van der Waals surface area (Å²) in [5, 5.41) is 12.1. The van der Waals surface area contributed by atoms with Crippen molar-refractivity contribution in [2.45, 2.75) is 6.92 Å². The fraction of sp³-hybridized carbons (Fsp3) is 0.333. The molecular formula is C15H16N4O4S. The first kappa shape index (κ1) is 16.3. The maximum absolute atomic E-state index is 12.6. The summed E-state index contributed by atoms with van der Waals surface area (Å²) in [5.74, 6) is -0.934. The number of methoxy groups -OCH3 is 1. The summed E-state index contributed by atoms with van der Waals surface area (Å²) < 4.78 is 13.2. The molecule has 1 aromatic carbocycles. The Balaban J connectivity index is 2.04. The summed E-state index contributed by atoms with van der Waals surface area (Å²) in [6, 6.07) is 3.72. The predicted octanol–water partition coefficient (Wildman–Crippen LogP) is 0.673. The third kappa shape index (κ3) is 2.72. The number of hydrogen-bond donors (Lipinski definition) is 2. The number of nitrogens with zero attached hydrogens (tertiary/aromatic N) is 3. The lowest BCUT2D eigenvalue weighted by Crippen LogP contribution is -2.31. The number of esters is 1. The summed E-state index contributed by atoms with van der Waals surface area (Å²) in [5.41, 5.74) is 3.25. The number of β-amino-alcohol motifs (C(OH)–C–C–N with tert-alkyl or cyclic N) is 1. The molecule has 9 heteroatoms. The number of hydrogen-bond acceptors (Lipinski definition) is 8. The van der Waals surface area contributed by atoms with E-state index in [2.05, 4.69) is 14.1 Å². The zero-order valence-corrected chi connectivity index (χ0v) is 14.0. The van der Waals surface area contributed by atoms with Gasteiger partial charge in [-0.1, -0.05) is 6.07 Å². The van der Waals surface area contributed by atoms with Crippen LogP contribution in [-0.2, 0) is 14.3 Å². The molecule has 1 amide bonds. The van der Waals surface area contributed by atoms with E-state index in [0.717, 1.165) is 17.3 Å². The van der Waals surface area contributed by atoms with Crippen LogP contribution in [0.2, 0.25) is 0 Å². The van der Waals surface area contributed by atoms with E-state index in [1.54, 1.807) is 0 Å². The highest BCUT2D eigenvalue weighted by Crippen LogP contribution is 2.29. The Morgan fingerprint density at radius 3 is 2.96 bits per heavy atom. The lowest BCUT2D eigenvalue weighted by atomic mass is 10.1. The number of carbonyl (C=O) groups excluding carboxylic acids is 2. The molecular weight excluding hydrogens is 332 g/mol.